The van der Waals surface area contributed by atoms with Crippen molar-refractivity contribution < 1.29 is 38.7 Å². The van der Waals surface area contributed by atoms with Gasteiger partial charge in [0.05, 0.1) is 44.4 Å². The number of rotatable bonds is 12. The van der Waals surface area contributed by atoms with E-state index >= 15 is 0 Å². The van der Waals surface area contributed by atoms with Gasteiger partial charge in [-0.25, -0.2) is 4.59 Å². The van der Waals surface area contributed by atoms with Crippen molar-refractivity contribution >= 4 is 34.7 Å². The van der Waals surface area contributed by atoms with Gasteiger partial charge >= 0.3 is 0 Å². The average molecular weight is 763 g/mol. The molecule has 1 spiro atoms. The second-order valence-electron chi connectivity index (χ2n) is 16.7. The number of anilines is 2. The van der Waals surface area contributed by atoms with Crippen LogP contribution < -0.4 is 30.5 Å². The number of nitrogens with one attached hydrogen (secondary N) is 3. The number of methoxy groups -OCH3 is 1. The second-order valence-corrected chi connectivity index (χ2v) is 16.7. The number of hydrogen-bond donors (Lipinski definition) is 4. The molecule has 0 saturated carbocycles. The van der Waals surface area contributed by atoms with E-state index in [1.165, 1.54) is 11.1 Å². The number of quaternary nitrogens is 1. The zero-order chi connectivity index (χ0) is 39.7. The maximum atomic E-state index is 13.6. The summed E-state index contributed by atoms with van der Waals surface area (Å²) >= 11 is 0. The molecule has 1 saturated heterocycles. The lowest BCUT2D eigenvalue weighted by Crippen LogP contribution is -2.65. The number of amides is 1. The molecule has 5 aliphatic rings. The number of piperidine rings is 1. The van der Waals surface area contributed by atoms with Crippen LogP contribution in [0.15, 0.2) is 65.8 Å². The molecule has 13 heteroatoms. The highest BCUT2D eigenvalue weighted by Gasteiger charge is 2.64. The van der Waals surface area contributed by atoms with Gasteiger partial charge < -0.3 is 35.6 Å². The number of carbonyl (C=O) groups excluding carboxylic acids is 3. The Balaban J connectivity index is 0.902. The zero-order valence-corrected chi connectivity index (χ0v) is 32.8. The van der Waals surface area contributed by atoms with Crippen LogP contribution in [0.1, 0.15) is 69.7 Å². The highest BCUT2D eigenvalue weighted by Crippen LogP contribution is 2.61. The number of fused-ring (bicyclic) bond motifs is 2. The lowest BCUT2D eigenvalue weighted by molar-refractivity contribution is -0.896. The highest BCUT2D eigenvalue weighted by atomic mass is 16.5. The molecule has 1 amide bonds. The summed E-state index contributed by atoms with van der Waals surface area (Å²) in [4.78, 5) is 42.9. The van der Waals surface area contributed by atoms with Gasteiger partial charge in [0.15, 0.2) is 11.6 Å². The molecule has 2 heterocycles. The average Bonchev–Trinajstić information content (AvgIpc) is 3.51. The van der Waals surface area contributed by atoms with Gasteiger partial charge in [-0.1, -0.05) is 36.4 Å². The standard InChI is InChI=1S/C43H50N6O7/c1-42(2,41(54)47-49(4,5)20-17-45-30-13-12-29(44-3)35-36(30)39(53)27-10-8-7-9-26(27)38(35)52)46-34(51)15-18-48-19-16-43-28-11-14-32(50)40(43)56-33-23-25(55-6)21-24(37(33)43)22-31(28)48/h7-14,21,23,28,31-32,40,50H,15-20,22H2,1-6H3,(H3-,44,45,46,47,51,52,53,54). The Morgan fingerprint density at radius 1 is 1.09 bits per heavy atom. The molecule has 5 atom stereocenters. The van der Waals surface area contributed by atoms with Crippen LogP contribution in [-0.4, -0.2) is 116 Å². The summed E-state index contributed by atoms with van der Waals surface area (Å²) in [6, 6.07) is 14.5. The largest absolute Gasteiger partial charge is 0.856 e. The number of nitrogens with zero attached hydrogens (tertiary/aromatic N) is 3. The van der Waals surface area contributed by atoms with Gasteiger partial charge in [-0.15, -0.1) is 5.10 Å². The molecule has 4 N–H and O–H groups in total. The fourth-order valence-corrected chi connectivity index (χ4v) is 9.73. The van der Waals surface area contributed by atoms with E-state index in [-0.39, 0.29) is 52.0 Å². The molecule has 3 aromatic rings. The predicted octanol–water partition coefficient (Wildman–Crippen LogP) is 2.84. The van der Waals surface area contributed by atoms with E-state index in [1.54, 1.807) is 78.5 Å². The smallest absolute Gasteiger partial charge is 0.221 e. The van der Waals surface area contributed by atoms with Crippen LogP contribution in [0.3, 0.4) is 0 Å². The zero-order valence-electron chi connectivity index (χ0n) is 32.8. The Bertz CT molecular complexity index is 2200. The van der Waals surface area contributed by atoms with E-state index < -0.39 is 17.5 Å². The summed E-state index contributed by atoms with van der Waals surface area (Å²) in [6.07, 6.45) is 4.73. The van der Waals surface area contributed by atoms with Crippen molar-refractivity contribution in [2.75, 3.05) is 65.1 Å². The van der Waals surface area contributed by atoms with Gasteiger partial charge in [-0.3, -0.25) is 19.3 Å². The fourth-order valence-electron chi connectivity index (χ4n) is 9.73. The van der Waals surface area contributed by atoms with Gasteiger partial charge in [0.25, 0.3) is 0 Å². The van der Waals surface area contributed by atoms with Crippen molar-refractivity contribution in [1.29, 1.82) is 0 Å². The molecule has 8 rings (SSSR count). The number of carbonyl (C=O) groups is 3. The summed E-state index contributed by atoms with van der Waals surface area (Å²) in [6.45, 7) is 5.34. The monoisotopic (exact) mass is 762 g/mol. The topological polar surface area (TPSA) is 165 Å². The van der Waals surface area contributed by atoms with Gasteiger partial charge in [0.1, 0.15) is 30.3 Å². The van der Waals surface area contributed by atoms with Crippen molar-refractivity contribution in [3.63, 3.8) is 0 Å². The minimum atomic E-state index is -1.25. The molecule has 3 aromatic carbocycles. The molecule has 0 radical (unpaired) electrons. The maximum absolute atomic E-state index is 13.6. The number of ketones is 2. The number of aliphatic hydroxyl groups excluding tert-OH is 1. The van der Waals surface area contributed by atoms with E-state index in [1.807, 2.05) is 12.1 Å². The molecule has 2 bridgehead atoms. The third kappa shape index (κ3) is 6.03. The molecular weight excluding hydrogens is 713 g/mol. The maximum Gasteiger partial charge on any atom is 0.221 e. The van der Waals surface area contributed by atoms with E-state index in [9.17, 15) is 24.6 Å². The number of likely N-dealkylation sites (tertiary alicyclic amines) is 1. The summed E-state index contributed by atoms with van der Waals surface area (Å²) in [5, 5.41) is 38.3. The molecule has 2 aliphatic heterocycles. The molecule has 13 nitrogen and oxygen atoms in total. The molecule has 294 valence electrons. The SMILES string of the molecule is CNc1ccc(NCC[N+](C)(C)N=C([O-])C(C)(C)NC(=O)CCN2CCC34c5c6cc(OC)cc5OC3C(O)C=CC4C2C6)c2c1C(=O)c1ccccc1C2=O. The summed E-state index contributed by atoms with van der Waals surface area (Å²) in [7, 11) is 6.95. The quantitative estimate of drug-likeness (QED) is 0.0555. The van der Waals surface area contributed by atoms with Crippen molar-refractivity contribution in [1.82, 2.24) is 10.2 Å². The number of ether oxygens (including phenoxy) is 2. The molecule has 1 fully saturated rings. The first kappa shape index (κ1) is 37.7. The third-order valence-corrected chi connectivity index (χ3v) is 12.5. The van der Waals surface area contributed by atoms with Crippen molar-refractivity contribution in [2.45, 2.75) is 62.3 Å². The summed E-state index contributed by atoms with van der Waals surface area (Å²) < 4.78 is 12.0. The van der Waals surface area contributed by atoms with E-state index in [2.05, 4.69) is 38.1 Å². The van der Waals surface area contributed by atoms with Crippen LogP contribution in [0.4, 0.5) is 11.4 Å². The normalized spacial score (nSPS) is 24.8. The fraction of sp³-hybridized carbons (Fsp3) is 0.442. The van der Waals surface area contributed by atoms with Crippen molar-refractivity contribution in [3.05, 3.63) is 94.1 Å². The lowest BCUT2D eigenvalue weighted by atomic mass is 9.53. The van der Waals surface area contributed by atoms with Crippen LogP contribution in [0, 0.1) is 5.92 Å². The van der Waals surface area contributed by atoms with Crippen molar-refractivity contribution in [3.8, 4) is 11.5 Å². The highest BCUT2D eigenvalue weighted by molar-refractivity contribution is 6.31. The first-order chi connectivity index (χ1) is 26.7. The molecule has 5 unspecified atom stereocenters. The van der Waals surface area contributed by atoms with E-state index in [0.717, 1.165) is 30.9 Å². The van der Waals surface area contributed by atoms with E-state index in [0.29, 0.717) is 53.3 Å². The van der Waals surface area contributed by atoms with Gasteiger partial charge in [-0.2, -0.15) is 0 Å². The number of hydrogen-bond acceptors (Lipinski definition) is 11. The Kier molecular flexibility index (Phi) is 9.25. The molecular formula is C43H50N6O7. The Morgan fingerprint density at radius 3 is 2.48 bits per heavy atom. The van der Waals surface area contributed by atoms with Crippen LogP contribution in [-0.2, 0) is 16.6 Å². The van der Waals surface area contributed by atoms with Gasteiger partial charge in [0.2, 0.25) is 5.91 Å². The first-order valence-electron chi connectivity index (χ1n) is 19.4. The predicted molar refractivity (Wildman–Crippen MR) is 210 cm³/mol. The Labute approximate surface area is 326 Å². The van der Waals surface area contributed by atoms with Crippen LogP contribution in [0.5, 0.6) is 11.5 Å². The Morgan fingerprint density at radius 2 is 1.79 bits per heavy atom. The summed E-state index contributed by atoms with van der Waals surface area (Å²) in [5.41, 5.74) is 3.32. The lowest BCUT2D eigenvalue weighted by Gasteiger charge is -2.57. The van der Waals surface area contributed by atoms with Crippen molar-refractivity contribution in [2.24, 2.45) is 11.0 Å². The minimum Gasteiger partial charge on any atom is -0.856 e. The Hall–Kier alpha value is -5.24. The molecule has 3 aliphatic carbocycles. The molecule has 56 heavy (non-hydrogen) atoms. The van der Waals surface area contributed by atoms with Gasteiger partial charge in [0, 0.05) is 77.4 Å². The minimum absolute atomic E-state index is 0.0306. The second kappa shape index (κ2) is 13.7. The van der Waals surface area contributed by atoms with Gasteiger partial charge in [-0.05, 0) is 57.0 Å². The van der Waals surface area contributed by atoms with E-state index in [4.69, 9.17) is 9.47 Å². The van der Waals surface area contributed by atoms with Crippen LogP contribution in [0.2, 0.25) is 0 Å². The molecule has 0 aromatic heterocycles. The summed E-state index contributed by atoms with van der Waals surface area (Å²) in [5.74, 6) is 0.533. The third-order valence-electron chi connectivity index (χ3n) is 12.5. The number of aliphatic hydroxyl groups is 1. The van der Waals surface area contributed by atoms with Crippen LogP contribution >= 0.6 is 0 Å². The first-order valence-corrected chi connectivity index (χ1v) is 19.4. The number of likely N-dealkylation sites (N-methyl/N-ethyl adjacent to an activating group) is 1. The number of benzene rings is 3. The van der Waals surface area contributed by atoms with Crippen LogP contribution in [0.25, 0.3) is 0 Å².